The Hall–Kier alpha value is -3.71. The summed E-state index contributed by atoms with van der Waals surface area (Å²) < 4.78 is 6.33. The van der Waals surface area contributed by atoms with Crippen LogP contribution >= 0.6 is 11.3 Å². The largest absolute Gasteiger partial charge is 0.497 e. The van der Waals surface area contributed by atoms with Gasteiger partial charge in [0, 0.05) is 29.9 Å². The number of aromatic nitrogens is 1. The van der Waals surface area contributed by atoms with Gasteiger partial charge in [-0.3, -0.25) is 9.59 Å². The number of amides is 2. The van der Waals surface area contributed by atoms with Crippen LogP contribution in [-0.4, -0.2) is 30.5 Å². The second-order valence-electron chi connectivity index (χ2n) is 8.16. The van der Waals surface area contributed by atoms with E-state index in [1.54, 1.807) is 23.3 Å². The van der Waals surface area contributed by atoms with Gasteiger partial charge in [0.1, 0.15) is 10.8 Å². The number of methoxy groups -OCH3 is 1. The molecule has 5 rings (SSSR count). The lowest BCUT2D eigenvalue weighted by atomic mass is 10.1. The number of hydrogen-bond acceptors (Lipinski definition) is 5. The minimum absolute atomic E-state index is 0.0539. The SMILES string of the molecule is COc1ccc(N2C[C@@H](C(=O)Nc3ccc(-c4nc5ccc(C)cc5s4)cc3)CC2=O)cc1. The van der Waals surface area contributed by atoms with E-state index in [9.17, 15) is 9.59 Å². The number of thiazole rings is 1. The van der Waals surface area contributed by atoms with Gasteiger partial charge in [-0.1, -0.05) is 6.07 Å². The molecule has 0 spiro atoms. The second kappa shape index (κ2) is 8.67. The van der Waals surface area contributed by atoms with Crippen LogP contribution in [0, 0.1) is 12.8 Å². The van der Waals surface area contributed by atoms with E-state index in [1.165, 1.54) is 5.56 Å². The van der Waals surface area contributed by atoms with Crippen LogP contribution in [0.2, 0.25) is 0 Å². The van der Waals surface area contributed by atoms with E-state index in [-0.39, 0.29) is 18.2 Å². The van der Waals surface area contributed by atoms with E-state index >= 15 is 0 Å². The lowest BCUT2D eigenvalue weighted by Gasteiger charge is -2.17. The number of carbonyl (C=O) groups excluding carboxylic acids is 2. The number of hydrogen-bond donors (Lipinski definition) is 1. The van der Waals surface area contributed by atoms with Crippen LogP contribution in [0.5, 0.6) is 5.75 Å². The fourth-order valence-electron chi connectivity index (χ4n) is 3.99. The molecule has 6 nitrogen and oxygen atoms in total. The zero-order chi connectivity index (χ0) is 22.9. The van der Waals surface area contributed by atoms with Crippen molar-refractivity contribution in [2.75, 3.05) is 23.9 Å². The third-order valence-electron chi connectivity index (χ3n) is 5.82. The van der Waals surface area contributed by atoms with Gasteiger partial charge in [-0.15, -0.1) is 11.3 Å². The summed E-state index contributed by atoms with van der Waals surface area (Å²) in [5.74, 6) is 0.125. The number of nitrogens with zero attached hydrogens (tertiary/aromatic N) is 2. The minimum Gasteiger partial charge on any atom is -0.497 e. The number of anilines is 2. The van der Waals surface area contributed by atoms with Crippen molar-refractivity contribution in [1.82, 2.24) is 4.98 Å². The Morgan fingerprint density at radius 2 is 1.85 bits per heavy atom. The predicted molar refractivity (Wildman–Crippen MR) is 132 cm³/mol. The van der Waals surface area contributed by atoms with Gasteiger partial charge in [0.2, 0.25) is 11.8 Å². The van der Waals surface area contributed by atoms with Crippen molar-refractivity contribution < 1.29 is 14.3 Å². The molecule has 2 amide bonds. The van der Waals surface area contributed by atoms with Crippen LogP contribution in [0.15, 0.2) is 66.7 Å². The van der Waals surface area contributed by atoms with Crippen LogP contribution in [-0.2, 0) is 9.59 Å². The average Bonchev–Trinajstić information content (AvgIpc) is 3.43. The fraction of sp³-hybridized carbons (Fsp3) is 0.192. The Morgan fingerprint density at radius 3 is 2.58 bits per heavy atom. The maximum absolute atomic E-state index is 12.8. The summed E-state index contributed by atoms with van der Waals surface area (Å²) in [5, 5.41) is 3.90. The minimum atomic E-state index is -0.397. The first kappa shape index (κ1) is 21.2. The number of carbonyl (C=O) groups is 2. The average molecular weight is 458 g/mol. The van der Waals surface area contributed by atoms with Gasteiger partial charge in [0.05, 0.1) is 23.2 Å². The van der Waals surface area contributed by atoms with Crippen LogP contribution in [0.25, 0.3) is 20.8 Å². The third-order valence-corrected chi connectivity index (χ3v) is 6.89. The van der Waals surface area contributed by atoms with E-state index < -0.39 is 5.92 Å². The Balaban J connectivity index is 1.25. The van der Waals surface area contributed by atoms with Crippen molar-refractivity contribution in [1.29, 1.82) is 0 Å². The van der Waals surface area contributed by atoms with Crippen molar-refractivity contribution in [3.05, 3.63) is 72.3 Å². The molecule has 7 heteroatoms. The lowest BCUT2D eigenvalue weighted by Crippen LogP contribution is -2.28. The first-order valence-electron chi connectivity index (χ1n) is 10.7. The monoisotopic (exact) mass is 457 g/mol. The van der Waals surface area contributed by atoms with E-state index in [1.807, 2.05) is 54.6 Å². The zero-order valence-corrected chi connectivity index (χ0v) is 19.2. The fourth-order valence-corrected chi connectivity index (χ4v) is 5.06. The van der Waals surface area contributed by atoms with Gasteiger partial charge in [-0.25, -0.2) is 4.98 Å². The molecule has 166 valence electrons. The molecule has 1 aliphatic rings. The number of nitrogens with one attached hydrogen (secondary N) is 1. The molecule has 4 aromatic rings. The highest BCUT2D eigenvalue weighted by Gasteiger charge is 2.35. The van der Waals surface area contributed by atoms with Crippen LogP contribution < -0.4 is 15.0 Å². The summed E-state index contributed by atoms with van der Waals surface area (Å²) >= 11 is 1.66. The highest BCUT2D eigenvalue weighted by molar-refractivity contribution is 7.21. The number of benzene rings is 3. The molecule has 1 saturated heterocycles. The summed E-state index contributed by atoms with van der Waals surface area (Å²) in [6, 6.07) is 21.2. The lowest BCUT2D eigenvalue weighted by molar-refractivity contribution is -0.122. The predicted octanol–water partition coefficient (Wildman–Crippen LogP) is 5.27. The highest BCUT2D eigenvalue weighted by Crippen LogP contribution is 2.32. The molecule has 0 radical (unpaired) electrons. The van der Waals surface area contributed by atoms with Crippen LogP contribution in [0.1, 0.15) is 12.0 Å². The highest BCUT2D eigenvalue weighted by atomic mass is 32.1. The quantitative estimate of drug-likeness (QED) is 0.443. The molecule has 3 aromatic carbocycles. The maximum atomic E-state index is 12.8. The van der Waals surface area contributed by atoms with Crippen molar-refractivity contribution in [3.63, 3.8) is 0 Å². The van der Waals surface area contributed by atoms with Gasteiger partial charge < -0.3 is 15.0 Å². The van der Waals surface area contributed by atoms with Gasteiger partial charge in [-0.2, -0.15) is 0 Å². The van der Waals surface area contributed by atoms with E-state index in [4.69, 9.17) is 9.72 Å². The van der Waals surface area contributed by atoms with E-state index in [0.717, 1.165) is 32.2 Å². The molecule has 1 aliphatic heterocycles. The summed E-state index contributed by atoms with van der Waals surface area (Å²) in [7, 11) is 1.60. The first-order valence-corrected chi connectivity index (χ1v) is 11.5. The Morgan fingerprint density at radius 1 is 1.09 bits per heavy atom. The normalized spacial score (nSPS) is 15.8. The molecular formula is C26H23N3O3S. The topological polar surface area (TPSA) is 71.5 Å². The smallest absolute Gasteiger partial charge is 0.229 e. The van der Waals surface area contributed by atoms with Gasteiger partial charge in [0.25, 0.3) is 0 Å². The summed E-state index contributed by atoms with van der Waals surface area (Å²) in [6.45, 7) is 2.44. The molecular weight excluding hydrogens is 434 g/mol. The van der Waals surface area contributed by atoms with Crippen molar-refractivity contribution in [3.8, 4) is 16.3 Å². The first-order chi connectivity index (χ1) is 16.0. The molecule has 1 N–H and O–H groups in total. The molecule has 0 unspecified atom stereocenters. The molecule has 33 heavy (non-hydrogen) atoms. The van der Waals surface area contributed by atoms with Gasteiger partial charge in [0.15, 0.2) is 0 Å². The second-order valence-corrected chi connectivity index (χ2v) is 9.19. The molecule has 1 atom stereocenters. The molecule has 0 bridgehead atoms. The van der Waals surface area contributed by atoms with Crippen molar-refractivity contribution >= 4 is 44.7 Å². The third kappa shape index (κ3) is 4.32. The Kier molecular flexibility index (Phi) is 5.56. The van der Waals surface area contributed by atoms with Crippen molar-refractivity contribution in [2.45, 2.75) is 13.3 Å². The van der Waals surface area contributed by atoms with Crippen LogP contribution in [0.3, 0.4) is 0 Å². The summed E-state index contributed by atoms with van der Waals surface area (Å²) in [5.41, 5.74) is 4.69. The number of fused-ring (bicyclic) bond motifs is 1. The standard InChI is InChI=1S/C26H23N3O3S/c1-16-3-12-22-23(13-16)33-26(28-22)17-4-6-19(7-5-17)27-25(31)18-14-24(30)29(15-18)20-8-10-21(32-2)11-9-20/h3-13,18H,14-15H2,1-2H3,(H,27,31)/t18-/m0/s1. The Bertz CT molecular complexity index is 1330. The molecule has 2 heterocycles. The Labute approximate surface area is 195 Å². The number of ether oxygens (including phenoxy) is 1. The van der Waals surface area contributed by atoms with Gasteiger partial charge in [-0.05, 0) is 73.2 Å². The molecule has 1 fully saturated rings. The van der Waals surface area contributed by atoms with E-state index in [0.29, 0.717) is 12.2 Å². The number of rotatable bonds is 5. The summed E-state index contributed by atoms with van der Waals surface area (Å²) in [4.78, 5) is 31.7. The zero-order valence-electron chi connectivity index (χ0n) is 18.4. The van der Waals surface area contributed by atoms with Crippen LogP contribution in [0.4, 0.5) is 11.4 Å². The molecule has 1 aromatic heterocycles. The van der Waals surface area contributed by atoms with E-state index in [2.05, 4.69) is 24.4 Å². The molecule has 0 saturated carbocycles. The maximum Gasteiger partial charge on any atom is 0.229 e. The molecule has 0 aliphatic carbocycles. The van der Waals surface area contributed by atoms with Gasteiger partial charge >= 0.3 is 0 Å². The van der Waals surface area contributed by atoms with Crippen molar-refractivity contribution in [2.24, 2.45) is 5.92 Å². The number of aryl methyl sites for hydroxylation is 1. The summed E-state index contributed by atoms with van der Waals surface area (Å²) in [6.07, 6.45) is 0.196.